The third-order valence-corrected chi connectivity index (χ3v) is 5.08. The summed E-state index contributed by atoms with van der Waals surface area (Å²) in [6.45, 7) is 9.55. The van der Waals surface area contributed by atoms with Crippen LogP contribution in [-0.2, 0) is 0 Å². The highest BCUT2D eigenvalue weighted by atomic mass is 31.1. The van der Waals surface area contributed by atoms with Gasteiger partial charge in [-0.2, -0.15) is 0 Å². The lowest BCUT2D eigenvalue weighted by Crippen LogP contribution is -1.99. The molecule has 0 amide bonds. The van der Waals surface area contributed by atoms with Gasteiger partial charge in [-0.25, -0.2) is 0 Å². The van der Waals surface area contributed by atoms with E-state index in [0.717, 1.165) is 5.92 Å². The number of unbranched alkanes of at least 4 members (excludes halogenated alkanes) is 9. The zero-order valence-electron chi connectivity index (χ0n) is 13.5. The summed E-state index contributed by atoms with van der Waals surface area (Å²) in [4.78, 5) is 0. The Hall–Kier alpha value is 0.430. The first-order valence-corrected chi connectivity index (χ1v) is 10.7. The lowest BCUT2D eigenvalue weighted by atomic mass is 10.0. The van der Waals surface area contributed by atoms with E-state index in [0.29, 0.717) is 7.92 Å². The standard InChI is InChI=1S/C17H37P/c1-5-6-7-8-9-10-11-12-13-14-15-17(2)16-18(3)4/h17H,5-16H2,1-4H3. The van der Waals surface area contributed by atoms with Crippen molar-refractivity contribution in [2.24, 2.45) is 5.92 Å². The molecule has 0 spiro atoms. The first-order chi connectivity index (χ1) is 8.66. The largest absolute Gasteiger partial charge is 0.113 e. The third-order valence-electron chi connectivity index (χ3n) is 3.73. The van der Waals surface area contributed by atoms with Crippen LogP contribution in [0.5, 0.6) is 0 Å². The Morgan fingerprint density at radius 1 is 0.722 bits per heavy atom. The van der Waals surface area contributed by atoms with Gasteiger partial charge in [0.2, 0.25) is 0 Å². The van der Waals surface area contributed by atoms with Gasteiger partial charge in [-0.3, -0.25) is 0 Å². The zero-order valence-corrected chi connectivity index (χ0v) is 14.4. The first-order valence-electron chi connectivity index (χ1n) is 8.31. The minimum absolute atomic E-state index is 0.322. The summed E-state index contributed by atoms with van der Waals surface area (Å²) < 4.78 is 0. The SMILES string of the molecule is CCCCCCCCCCCCC(C)CP(C)C. The average Bonchev–Trinajstić information content (AvgIpc) is 2.30. The van der Waals surface area contributed by atoms with Crippen LogP contribution >= 0.6 is 7.92 Å². The third kappa shape index (κ3) is 14.5. The van der Waals surface area contributed by atoms with E-state index in [1.54, 1.807) is 0 Å². The summed E-state index contributed by atoms with van der Waals surface area (Å²) in [6.07, 6.45) is 17.6. The molecule has 0 aromatic carbocycles. The molecule has 110 valence electrons. The fourth-order valence-corrected chi connectivity index (χ4v) is 4.12. The van der Waals surface area contributed by atoms with Crippen LogP contribution in [0.25, 0.3) is 0 Å². The van der Waals surface area contributed by atoms with Crippen LogP contribution in [0.15, 0.2) is 0 Å². The Bertz CT molecular complexity index is 154. The molecule has 0 fully saturated rings. The van der Waals surface area contributed by atoms with Crippen molar-refractivity contribution in [3.05, 3.63) is 0 Å². The van der Waals surface area contributed by atoms with Crippen molar-refractivity contribution in [2.75, 3.05) is 19.5 Å². The van der Waals surface area contributed by atoms with Gasteiger partial charge >= 0.3 is 0 Å². The lowest BCUT2D eigenvalue weighted by molar-refractivity contribution is 0.508. The highest BCUT2D eigenvalue weighted by Gasteiger charge is 2.03. The number of hydrogen-bond donors (Lipinski definition) is 0. The normalized spacial score (nSPS) is 13.2. The van der Waals surface area contributed by atoms with Crippen LogP contribution in [0, 0.1) is 5.92 Å². The Balaban J connectivity index is 3.07. The second kappa shape index (κ2) is 13.9. The summed E-state index contributed by atoms with van der Waals surface area (Å²) in [5, 5.41) is 0. The van der Waals surface area contributed by atoms with Crippen molar-refractivity contribution in [3.8, 4) is 0 Å². The first kappa shape index (κ1) is 18.4. The van der Waals surface area contributed by atoms with Gasteiger partial charge in [-0.1, -0.05) is 84.5 Å². The molecule has 0 saturated carbocycles. The molecule has 0 aliphatic heterocycles. The number of hydrogen-bond acceptors (Lipinski definition) is 0. The van der Waals surface area contributed by atoms with Gasteiger partial charge in [0.05, 0.1) is 0 Å². The molecule has 0 nitrogen and oxygen atoms in total. The zero-order chi connectivity index (χ0) is 13.6. The molecule has 1 heteroatoms. The van der Waals surface area contributed by atoms with E-state index >= 15 is 0 Å². The molecule has 0 radical (unpaired) electrons. The maximum atomic E-state index is 2.44. The number of rotatable bonds is 13. The Kier molecular flexibility index (Phi) is 14.2. The van der Waals surface area contributed by atoms with E-state index < -0.39 is 0 Å². The summed E-state index contributed by atoms with van der Waals surface area (Å²) in [5.74, 6) is 0.972. The topological polar surface area (TPSA) is 0 Å². The van der Waals surface area contributed by atoms with Gasteiger partial charge < -0.3 is 0 Å². The Morgan fingerprint density at radius 2 is 1.17 bits per heavy atom. The molecule has 0 aliphatic carbocycles. The minimum atomic E-state index is 0.322. The summed E-state index contributed by atoms with van der Waals surface area (Å²) >= 11 is 0. The van der Waals surface area contributed by atoms with Crippen LogP contribution in [0.3, 0.4) is 0 Å². The molecule has 0 N–H and O–H groups in total. The van der Waals surface area contributed by atoms with Crippen molar-refractivity contribution < 1.29 is 0 Å². The lowest BCUT2D eigenvalue weighted by Gasteiger charge is -2.13. The molecule has 1 atom stereocenters. The Morgan fingerprint density at radius 3 is 1.61 bits per heavy atom. The van der Waals surface area contributed by atoms with Crippen molar-refractivity contribution in [3.63, 3.8) is 0 Å². The van der Waals surface area contributed by atoms with E-state index in [2.05, 4.69) is 27.2 Å². The van der Waals surface area contributed by atoms with Crippen LogP contribution < -0.4 is 0 Å². The molecule has 0 rings (SSSR count). The maximum Gasteiger partial charge on any atom is -0.0305 e. The van der Waals surface area contributed by atoms with E-state index in [1.807, 2.05) is 0 Å². The van der Waals surface area contributed by atoms with Crippen LogP contribution in [0.4, 0.5) is 0 Å². The van der Waals surface area contributed by atoms with Crippen molar-refractivity contribution >= 4 is 7.92 Å². The molecule has 0 aromatic rings. The molecule has 0 saturated heterocycles. The van der Waals surface area contributed by atoms with Gasteiger partial charge in [-0.05, 0) is 25.4 Å². The highest BCUT2D eigenvalue weighted by molar-refractivity contribution is 7.55. The van der Waals surface area contributed by atoms with E-state index in [9.17, 15) is 0 Å². The maximum absolute atomic E-state index is 2.44. The van der Waals surface area contributed by atoms with Crippen molar-refractivity contribution in [1.82, 2.24) is 0 Å². The van der Waals surface area contributed by atoms with Crippen molar-refractivity contribution in [2.45, 2.75) is 84.5 Å². The second-order valence-electron chi connectivity index (χ2n) is 6.34. The van der Waals surface area contributed by atoms with E-state index in [1.165, 1.54) is 76.8 Å². The molecule has 0 aliphatic rings. The van der Waals surface area contributed by atoms with Gasteiger partial charge in [0, 0.05) is 0 Å². The molecule has 0 bridgehead atoms. The molecular weight excluding hydrogens is 235 g/mol. The smallest absolute Gasteiger partial charge is 0.0305 e. The molecular formula is C17H37P. The molecule has 0 heterocycles. The summed E-state index contributed by atoms with van der Waals surface area (Å²) in [6, 6.07) is 0. The average molecular weight is 272 g/mol. The van der Waals surface area contributed by atoms with Gasteiger partial charge in [0.25, 0.3) is 0 Å². The van der Waals surface area contributed by atoms with Crippen LogP contribution in [-0.4, -0.2) is 19.5 Å². The highest BCUT2D eigenvalue weighted by Crippen LogP contribution is 2.29. The predicted molar refractivity (Wildman–Crippen MR) is 89.3 cm³/mol. The van der Waals surface area contributed by atoms with Crippen LogP contribution in [0.1, 0.15) is 84.5 Å². The van der Waals surface area contributed by atoms with Gasteiger partial charge in [0.1, 0.15) is 0 Å². The minimum Gasteiger partial charge on any atom is -0.113 e. The van der Waals surface area contributed by atoms with E-state index in [4.69, 9.17) is 0 Å². The summed E-state index contributed by atoms with van der Waals surface area (Å²) in [5.41, 5.74) is 0. The molecule has 0 aromatic heterocycles. The van der Waals surface area contributed by atoms with Gasteiger partial charge in [-0.15, -0.1) is 7.92 Å². The molecule has 1 unspecified atom stereocenters. The van der Waals surface area contributed by atoms with Crippen LogP contribution in [0.2, 0.25) is 0 Å². The monoisotopic (exact) mass is 272 g/mol. The van der Waals surface area contributed by atoms with Gasteiger partial charge in [0.15, 0.2) is 0 Å². The Labute approximate surface area is 118 Å². The van der Waals surface area contributed by atoms with E-state index in [-0.39, 0.29) is 0 Å². The fraction of sp³-hybridized carbons (Fsp3) is 1.00. The molecule has 18 heavy (non-hydrogen) atoms. The predicted octanol–water partition coefficient (Wildman–Crippen LogP) is 6.68. The summed E-state index contributed by atoms with van der Waals surface area (Å²) in [7, 11) is 0.322. The quantitative estimate of drug-likeness (QED) is 0.259. The fourth-order valence-electron chi connectivity index (χ4n) is 2.69. The van der Waals surface area contributed by atoms with Crippen molar-refractivity contribution in [1.29, 1.82) is 0 Å². The second-order valence-corrected chi connectivity index (χ2v) is 8.86.